The van der Waals surface area contributed by atoms with Crippen LogP contribution in [0.4, 0.5) is 0 Å². The molecule has 2 aliphatic rings. The summed E-state index contributed by atoms with van der Waals surface area (Å²) in [5.41, 5.74) is 11.9. The van der Waals surface area contributed by atoms with Gasteiger partial charge in [-0.05, 0) is 0 Å². The zero-order chi connectivity index (χ0) is 35.3. The number of rotatable bonds is 4. The number of nitrogens with zero attached hydrogens (tertiary/aromatic N) is 3. The van der Waals surface area contributed by atoms with Gasteiger partial charge in [-0.3, -0.25) is 0 Å². The summed E-state index contributed by atoms with van der Waals surface area (Å²) in [7, 11) is 0. The summed E-state index contributed by atoms with van der Waals surface area (Å²) in [5, 5.41) is 2.43. The average Bonchev–Trinajstić information content (AvgIpc) is 3.79. The average molecular weight is 738 g/mol. The van der Waals surface area contributed by atoms with Crippen LogP contribution in [0.1, 0.15) is 25.0 Å². The predicted molar refractivity (Wildman–Crippen MR) is 222 cm³/mol. The van der Waals surface area contributed by atoms with Crippen molar-refractivity contribution in [2.24, 2.45) is 0 Å². The molecule has 0 unspecified atom stereocenters. The second-order valence-corrected chi connectivity index (χ2v) is 22.7. The van der Waals surface area contributed by atoms with Crippen molar-refractivity contribution in [2.45, 2.75) is 19.3 Å². The second kappa shape index (κ2) is 11.2. The normalized spacial score (nSPS) is 14.5. The summed E-state index contributed by atoms with van der Waals surface area (Å²) >= 11 is -3.66. The van der Waals surface area contributed by atoms with Crippen LogP contribution in [0.15, 0.2) is 176 Å². The van der Waals surface area contributed by atoms with E-state index in [0.717, 1.165) is 28.0 Å². The van der Waals surface area contributed by atoms with Gasteiger partial charge in [0.05, 0.1) is 0 Å². The van der Waals surface area contributed by atoms with Crippen LogP contribution >= 0.6 is 0 Å². The fourth-order valence-corrected chi connectivity index (χ4v) is 20.6. The van der Waals surface area contributed by atoms with Crippen LogP contribution in [-0.2, 0) is 5.41 Å². The van der Waals surface area contributed by atoms with Gasteiger partial charge in [-0.15, -0.1) is 0 Å². The summed E-state index contributed by atoms with van der Waals surface area (Å²) in [6.07, 6.45) is 0. The Bertz CT molecular complexity index is 2870. The molecule has 11 rings (SSSR count). The van der Waals surface area contributed by atoms with Crippen molar-refractivity contribution < 1.29 is 0 Å². The summed E-state index contributed by atoms with van der Waals surface area (Å²) < 4.78 is 7.80. The van der Waals surface area contributed by atoms with Crippen molar-refractivity contribution in [3.63, 3.8) is 0 Å². The van der Waals surface area contributed by atoms with Crippen LogP contribution in [-0.4, -0.2) is 27.8 Å². The first-order chi connectivity index (χ1) is 26.1. The van der Waals surface area contributed by atoms with Crippen LogP contribution in [0.2, 0.25) is 0 Å². The quantitative estimate of drug-likeness (QED) is 0.169. The first kappa shape index (κ1) is 30.6. The van der Waals surface area contributed by atoms with E-state index in [2.05, 4.69) is 194 Å². The third-order valence-electron chi connectivity index (χ3n) is 11.9. The molecule has 0 saturated carbocycles. The van der Waals surface area contributed by atoms with Crippen molar-refractivity contribution in [2.75, 3.05) is 0 Å². The van der Waals surface area contributed by atoms with E-state index in [4.69, 9.17) is 9.97 Å². The van der Waals surface area contributed by atoms with Gasteiger partial charge in [0, 0.05) is 0 Å². The molecule has 7 aromatic carbocycles. The van der Waals surface area contributed by atoms with Gasteiger partial charge in [0.2, 0.25) is 0 Å². The Morgan fingerprint density at radius 2 is 1.06 bits per heavy atom. The van der Waals surface area contributed by atoms with Gasteiger partial charge in [-0.25, -0.2) is 0 Å². The molecule has 0 spiro atoms. The van der Waals surface area contributed by atoms with E-state index in [-0.39, 0.29) is 5.41 Å². The van der Waals surface area contributed by atoms with Gasteiger partial charge in [-0.2, -0.15) is 0 Å². The third kappa shape index (κ3) is 4.11. The Labute approximate surface area is 311 Å². The molecule has 1 aliphatic heterocycles. The van der Waals surface area contributed by atoms with Gasteiger partial charge in [-0.1, -0.05) is 0 Å². The van der Waals surface area contributed by atoms with Gasteiger partial charge in [0.15, 0.2) is 0 Å². The maximum absolute atomic E-state index is 5.75. The van der Waals surface area contributed by atoms with Gasteiger partial charge >= 0.3 is 313 Å². The molecule has 0 bridgehead atoms. The summed E-state index contributed by atoms with van der Waals surface area (Å²) in [5.74, 6) is 0.705. The molecule has 3 nitrogen and oxygen atoms in total. The topological polar surface area (TPSA) is 30.7 Å². The van der Waals surface area contributed by atoms with Crippen molar-refractivity contribution in [3.8, 4) is 39.6 Å². The molecule has 0 fully saturated rings. The zero-order valence-corrected chi connectivity index (χ0v) is 31.7. The summed E-state index contributed by atoms with van der Waals surface area (Å²) in [4.78, 5) is 11.5. The predicted octanol–water partition coefficient (Wildman–Crippen LogP) is 8.90. The minimum atomic E-state index is -3.66. The molecule has 9 aromatic rings. The monoisotopic (exact) mass is 739 g/mol. The Morgan fingerprint density at radius 3 is 1.79 bits per heavy atom. The Kier molecular flexibility index (Phi) is 6.48. The molecule has 4 heteroatoms. The fraction of sp³-hybridized carbons (Fsp3) is 0.0612. The first-order valence-electron chi connectivity index (χ1n) is 18.4. The molecule has 250 valence electrons. The third-order valence-corrected chi connectivity index (χ3v) is 22.1. The molecule has 3 heterocycles. The van der Waals surface area contributed by atoms with E-state index < -0.39 is 13.3 Å². The Balaban J connectivity index is 1.29. The molecule has 2 aromatic heterocycles. The van der Waals surface area contributed by atoms with Crippen LogP contribution < -0.4 is 17.6 Å². The molecule has 0 N–H and O–H groups in total. The number of benzene rings is 7. The SMILES string of the molecule is CC1(C)c2ccccc2-c2cc3c4ccccc4n(-c4nc(-c5ccccc5)[c]5c(n4)-c4cccc[c]4[Ge]5([c]4ccccc4)[c]4ccccc4)c3cc21. The molecular weight excluding hydrogens is 703 g/mol. The maximum atomic E-state index is 5.75. The number of aromatic nitrogens is 3. The number of hydrogen-bond donors (Lipinski definition) is 0. The van der Waals surface area contributed by atoms with Crippen molar-refractivity contribution >= 4 is 52.7 Å². The molecule has 53 heavy (non-hydrogen) atoms. The molecular formula is C49H35GeN3. The zero-order valence-electron chi connectivity index (χ0n) is 29.6. The van der Waals surface area contributed by atoms with Crippen LogP contribution in [0, 0.1) is 0 Å². The fourth-order valence-electron chi connectivity index (χ4n) is 9.58. The van der Waals surface area contributed by atoms with E-state index in [9.17, 15) is 0 Å². The van der Waals surface area contributed by atoms with Gasteiger partial charge in [0.1, 0.15) is 0 Å². The second-order valence-electron chi connectivity index (χ2n) is 14.9. The minimum absolute atomic E-state index is 0.132. The van der Waals surface area contributed by atoms with Crippen molar-refractivity contribution in [1.29, 1.82) is 0 Å². The molecule has 0 radical (unpaired) electrons. The molecule has 0 atom stereocenters. The molecule has 0 saturated heterocycles. The van der Waals surface area contributed by atoms with E-state index in [1.165, 1.54) is 56.2 Å². The number of hydrogen-bond acceptors (Lipinski definition) is 2. The number of fused-ring (bicyclic) bond motifs is 9. The van der Waals surface area contributed by atoms with Crippen LogP contribution in [0.5, 0.6) is 0 Å². The van der Waals surface area contributed by atoms with E-state index in [1.54, 1.807) is 0 Å². The summed E-state index contributed by atoms with van der Waals surface area (Å²) in [6.45, 7) is 4.71. The molecule has 0 amide bonds. The van der Waals surface area contributed by atoms with Crippen molar-refractivity contribution in [1.82, 2.24) is 14.5 Å². The van der Waals surface area contributed by atoms with Crippen LogP contribution in [0.25, 0.3) is 61.4 Å². The Hall–Kier alpha value is -6.04. The van der Waals surface area contributed by atoms with E-state index in [1.807, 2.05) is 0 Å². The van der Waals surface area contributed by atoms with Crippen molar-refractivity contribution in [3.05, 3.63) is 187 Å². The first-order valence-corrected chi connectivity index (χ1v) is 22.6. The van der Waals surface area contributed by atoms with Crippen LogP contribution in [0.3, 0.4) is 0 Å². The van der Waals surface area contributed by atoms with E-state index >= 15 is 0 Å². The standard InChI is InChI=1S/C49H35GeN3/c1-49(2)40-27-15-12-24-35(40)38-30-39-36-25-14-17-29-43(36)53(44(39)31-41(38)49)48-51-46(32-18-6-3-7-19-32)45-47(52-48)37-26-13-16-28-42(37)50(45,33-20-8-4-9-21-33)34-22-10-5-11-23-34/h3-31H,1-2H3. The van der Waals surface area contributed by atoms with Gasteiger partial charge < -0.3 is 0 Å². The van der Waals surface area contributed by atoms with E-state index in [0.29, 0.717) is 5.95 Å². The van der Waals surface area contributed by atoms with Gasteiger partial charge in [0.25, 0.3) is 0 Å². The Morgan fingerprint density at radius 1 is 0.472 bits per heavy atom. The summed E-state index contributed by atoms with van der Waals surface area (Å²) in [6, 6.07) is 64.7. The molecule has 1 aliphatic carbocycles. The number of para-hydroxylation sites is 1.